The Morgan fingerprint density at radius 2 is 1.81 bits per heavy atom. The van der Waals surface area contributed by atoms with Gasteiger partial charge in [0.15, 0.2) is 0 Å². The Kier molecular flexibility index (Phi) is 12.0. The maximum Gasteiger partial charge on any atom is 0.253 e. The van der Waals surface area contributed by atoms with Crippen molar-refractivity contribution in [2.24, 2.45) is 0 Å². The first-order valence-corrected chi connectivity index (χ1v) is 12.5. The average molecular weight is 494 g/mol. The van der Waals surface area contributed by atoms with Crippen LogP contribution < -0.4 is 15.4 Å². The number of carbonyl (C=O) groups excluding carboxylic acids is 2. The third kappa shape index (κ3) is 8.71. The van der Waals surface area contributed by atoms with Crippen LogP contribution in [0.4, 0.5) is 0 Å². The van der Waals surface area contributed by atoms with Crippen molar-refractivity contribution in [3.63, 3.8) is 0 Å². The van der Waals surface area contributed by atoms with Gasteiger partial charge in [-0.3, -0.25) is 9.59 Å². The van der Waals surface area contributed by atoms with E-state index >= 15 is 0 Å². The van der Waals surface area contributed by atoms with Gasteiger partial charge >= 0.3 is 0 Å². The molecule has 0 aliphatic heterocycles. The van der Waals surface area contributed by atoms with Gasteiger partial charge < -0.3 is 25.4 Å². The molecule has 0 fully saturated rings. The van der Waals surface area contributed by atoms with Gasteiger partial charge in [0, 0.05) is 43.7 Å². The number of hydrogen-bond donors (Lipinski definition) is 3. The van der Waals surface area contributed by atoms with E-state index in [1.54, 1.807) is 25.3 Å². The summed E-state index contributed by atoms with van der Waals surface area (Å²) in [6.45, 7) is 8.03. The van der Waals surface area contributed by atoms with Crippen molar-refractivity contribution < 1.29 is 19.4 Å². The molecule has 0 radical (unpaired) electrons. The molecule has 7 nitrogen and oxygen atoms in total. The minimum absolute atomic E-state index is 0.0848. The Balaban J connectivity index is 2.07. The minimum Gasteiger partial charge on any atom is -0.497 e. The quantitative estimate of drug-likeness (QED) is 0.350. The smallest absolute Gasteiger partial charge is 0.253 e. The highest BCUT2D eigenvalue weighted by Gasteiger charge is 2.23. The Bertz CT molecular complexity index is 1040. The molecule has 2 amide bonds. The predicted molar refractivity (Wildman–Crippen MR) is 143 cm³/mol. The van der Waals surface area contributed by atoms with Crippen LogP contribution in [0.3, 0.4) is 0 Å². The molecule has 36 heavy (non-hydrogen) atoms. The second kappa shape index (κ2) is 14.9. The van der Waals surface area contributed by atoms with E-state index in [-0.39, 0.29) is 24.8 Å². The summed E-state index contributed by atoms with van der Waals surface area (Å²) in [5.41, 5.74) is 2.67. The SMILES string of the molecule is C#CC[C@H](NC(=O)c1cc(C)cc(C(=O)N(CCC)CCC)c1)[C@H](O)CNCc1cccc(OC)c1. The number of ether oxygens (including phenoxy) is 1. The van der Waals surface area contributed by atoms with Crippen LogP contribution in [0.15, 0.2) is 42.5 Å². The summed E-state index contributed by atoms with van der Waals surface area (Å²) in [6.07, 6.45) is 6.52. The van der Waals surface area contributed by atoms with E-state index in [1.807, 2.05) is 49.9 Å². The van der Waals surface area contributed by atoms with E-state index in [2.05, 4.69) is 16.6 Å². The first-order chi connectivity index (χ1) is 17.3. The molecule has 2 rings (SSSR count). The molecule has 3 N–H and O–H groups in total. The lowest BCUT2D eigenvalue weighted by Crippen LogP contribution is -2.47. The molecule has 2 aromatic rings. The minimum atomic E-state index is -0.897. The number of terminal acetylenes is 1. The van der Waals surface area contributed by atoms with Crippen LogP contribution in [0.1, 0.15) is 65.0 Å². The van der Waals surface area contributed by atoms with E-state index in [0.29, 0.717) is 30.8 Å². The number of nitrogens with zero attached hydrogens (tertiary/aromatic N) is 1. The lowest BCUT2D eigenvalue weighted by atomic mass is 10.0. The summed E-state index contributed by atoms with van der Waals surface area (Å²) in [7, 11) is 1.61. The predicted octanol–water partition coefficient (Wildman–Crippen LogP) is 3.54. The Morgan fingerprint density at radius 1 is 1.11 bits per heavy atom. The fourth-order valence-electron chi connectivity index (χ4n) is 4.03. The molecule has 2 atom stereocenters. The molecule has 0 aliphatic rings. The average Bonchev–Trinajstić information content (AvgIpc) is 2.87. The highest BCUT2D eigenvalue weighted by molar-refractivity contribution is 6.00. The lowest BCUT2D eigenvalue weighted by molar-refractivity contribution is 0.0755. The third-order valence-electron chi connectivity index (χ3n) is 5.80. The van der Waals surface area contributed by atoms with Gasteiger partial charge in [0.05, 0.1) is 19.3 Å². The Morgan fingerprint density at radius 3 is 2.44 bits per heavy atom. The number of aliphatic hydroxyl groups excluding tert-OH is 1. The molecule has 2 aromatic carbocycles. The number of carbonyl (C=O) groups is 2. The zero-order valence-corrected chi connectivity index (χ0v) is 21.8. The molecule has 0 saturated heterocycles. The van der Waals surface area contributed by atoms with Gasteiger partial charge in [-0.2, -0.15) is 0 Å². The fourth-order valence-corrected chi connectivity index (χ4v) is 4.03. The molecule has 194 valence electrons. The highest BCUT2D eigenvalue weighted by Crippen LogP contribution is 2.15. The molecule has 0 spiro atoms. The first-order valence-electron chi connectivity index (χ1n) is 12.5. The maximum absolute atomic E-state index is 13.1. The van der Waals surface area contributed by atoms with E-state index in [1.165, 1.54) is 0 Å². The Labute approximate surface area is 215 Å². The number of benzene rings is 2. The number of aryl methyl sites for hydroxylation is 1. The van der Waals surface area contributed by atoms with Crippen molar-refractivity contribution in [3.8, 4) is 18.1 Å². The molecular weight excluding hydrogens is 454 g/mol. The van der Waals surface area contributed by atoms with Gasteiger partial charge in [0.2, 0.25) is 0 Å². The summed E-state index contributed by atoms with van der Waals surface area (Å²) >= 11 is 0. The van der Waals surface area contributed by atoms with Crippen molar-refractivity contribution in [1.82, 2.24) is 15.5 Å². The van der Waals surface area contributed by atoms with E-state index < -0.39 is 12.1 Å². The van der Waals surface area contributed by atoms with Crippen molar-refractivity contribution >= 4 is 11.8 Å². The van der Waals surface area contributed by atoms with Gasteiger partial charge in [-0.25, -0.2) is 0 Å². The number of hydrogen-bond acceptors (Lipinski definition) is 5. The van der Waals surface area contributed by atoms with Gasteiger partial charge in [0.1, 0.15) is 5.75 Å². The standard InChI is InChI=1S/C29H39N3O4/c1-6-10-26(27(33)20-30-19-22-11-9-12-25(17-22)36-5)31-28(34)23-15-21(4)16-24(18-23)29(35)32(13-7-2)14-8-3/h1,9,11-12,15-18,26-27,30,33H,7-8,10,13-14,19-20H2,2-5H3,(H,31,34)/t26-,27+/m0/s1. The van der Waals surface area contributed by atoms with Crippen molar-refractivity contribution in [1.29, 1.82) is 0 Å². The summed E-state index contributed by atoms with van der Waals surface area (Å²) in [4.78, 5) is 28.0. The van der Waals surface area contributed by atoms with E-state index in [4.69, 9.17) is 11.2 Å². The second-order valence-electron chi connectivity index (χ2n) is 8.92. The van der Waals surface area contributed by atoms with Crippen molar-refractivity contribution in [2.75, 3.05) is 26.7 Å². The molecule has 0 aromatic heterocycles. The zero-order chi connectivity index (χ0) is 26.5. The number of rotatable bonds is 14. The molecule has 0 aliphatic carbocycles. The summed E-state index contributed by atoms with van der Waals surface area (Å²) < 4.78 is 5.24. The second-order valence-corrected chi connectivity index (χ2v) is 8.92. The van der Waals surface area contributed by atoms with Gasteiger partial charge in [-0.1, -0.05) is 26.0 Å². The molecule has 0 heterocycles. The molecule has 0 bridgehead atoms. The van der Waals surface area contributed by atoms with Crippen molar-refractivity contribution in [2.45, 2.75) is 58.7 Å². The Hall–Kier alpha value is -3.34. The number of amides is 2. The summed E-state index contributed by atoms with van der Waals surface area (Å²) in [6, 6.07) is 12.1. The fraction of sp³-hybridized carbons (Fsp3) is 0.448. The summed E-state index contributed by atoms with van der Waals surface area (Å²) in [5, 5.41) is 16.8. The topological polar surface area (TPSA) is 90.9 Å². The number of aliphatic hydroxyl groups is 1. The van der Waals surface area contributed by atoms with Crippen molar-refractivity contribution in [3.05, 3.63) is 64.7 Å². The molecular formula is C29H39N3O4. The van der Waals surface area contributed by atoms with Crippen LogP contribution in [-0.4, -0.2) is 60.7 Å². The zero-order valence-electron chi connectivity index (χ0n) is 21.8. The normalized spacial score (nSPS) is 12.3. The maximum atomic E-state index is 13.1. The van der Waals surface area contributed by atoms with E-state index in [0.717, 1.165) is 29.7 Å². The van der Waals surface area contributed by atoms with Gasteiger partial charge in [-0.05, 0) is 61.2 Å². The van der Waals surface area contributed by atoms with Gasteiger partial charge in [0.25, 0.3) is 11.8 Å². The van der Waals surface area contributed by atoms with Crippen LogP contribution in [0.25, 0.3) is 0 Å². The van der Waals surface area contributed by atoms with Crippen LogP contribution in [0.2, 0.25) is 0 Å². The van der Waals surface area contributed by atoms with Crippen LogP contribution in [0, 0.1) is 19.3 Å². The first kappa shape index (κ1) is 28.9. The van der Waals surface area contributed by atoms with Crippen LogP contribution in [-0.2, 0) is 6.54 Å². The largest absolute Gasteiger partial charge is 0.497 e. The van der Waals surface area contributed by atoms with E-state index in [9.17, 15) is 14.7 Å². The lowest BCUT2D eigenvalue weighted by Gasteiger charge is -2.24. The molecule has 7 heteroatoms. The molecule has 0 unspecified atom stereocenters. The number of methoxy groups -OCH3 is 1. The monoisotopic (exact) mass is 493 g/mol. The highest BCUT2D eigenvalue weighted by atomic mass is 16.5. The third-order valence-corrected chi connectivity index (χ3v) is 5.80. The number of nitrogens with one attached hydrogen (secondary N) is 2. The summed E-state index contributed by atoms with van der Waals surface area (Å²) in [5.74, 6) is 2.83. The van der Waals surface area contributed by atoms with Gasteiger partial charge in [-0.15, -0.1) is 12.3 Å². The van der Waals surface area contributed by atoms with Crippen LogP contribution in [0.5, 0.6) is 5.75 Å². The molecule has 0 saturated carbocycles. The van der Waals surface area contributed by atoms with Crippen LogP contribution >= 0.6 is 0 Å².